The Morgan fingerprint density at radius 1 is 0.967 bits per heavy atom. The number of nitrogens with one attached hydrogen (secondary N) is 2. The molecule has 0 saturated heterocycles. The molecule has 3 aromatic carbocycles. The second-order valence-corrected chi connectivity index (χ2v) is 7.45. The third-order valence-corrected chi connectivity index (χ3v) is 5.12. The maximum Gasteiger partial charge on any atom is 0.253 e. The van der Waals surface area contributed by atoms with E-state index < -0.39 is 0 Å². The van der Waals surface area contributed by atoms with Crippen molar-refractivity contribution in [2.45, 2.75) is 13.5 Å². The smallest absolute Gasteiger partial charge is 0.253 e. The van der Waals surface area contributed by atoms with Crippen LogP contribution in [0.1, 0.15) is 21.5 Å². The molecule has 154 valence electrons. The molecule has 0 fully saturated rings. The van der Waals surface area contributed by atoms with Gasteiger partial charge in [-0.2, -0.15) is 0 Å². The van der Waals surface area contributed by atoms with E-state index in [4.69, 9.17) is 11.6 Å². The van der Waals surface area contributed by atoms with Gasteiger partial charge in [-0.25, -0.2) is 0 Å². The highest BCUT2D eigenvalue weighted by molar-refractivity contribution is 6.31. The molecule has 3 rings (SSSR count). The van der Waals surface area contributed by atoms with Crippen molar-refractivity contribution in [1.82, 2.24) is 4.90 Å². The summed E-state index contributed by atoms with van der Waals surface area (Å²) in [5, 5.41) is 6.51. The van der Waals surface area contributed by atoms with Gasteiger partial charge in [-0.15, -0.1) is 0 Å². The van der Waals surface area contributed by atoms with Crippen molar-refractivity contribution < 1.29 is 9.59 Å². The summed E-state index contributed by atoms with van der Waals surface area (Å²) < 4.78 is 0. The predicted molar refractivity (Wildman–Crippen MR) is 122 cm³/mol. The van der Waals surface area contributed by atoms with Crippen molar-refractivity contribution in [2.75, 3.05) is 24.2 Å². The van der Waals surface area contributed by atoms with Crippen LogP contribution in [0.5, 0.6) is 0 Å². The first-order valence-corrected chi connectivity index (χ1v) is 10.00. The number of anilines is 2. The number of hydrogen-bond acceptors (Lipinski definition) is 3. The summed E-state index contributed by atoms with van der Waals surface area (Å²) in [6.07, 6.45) is 0. The maximum absolute atomic E-state index is 12.8. The molecule has 0 aliphatic carbocycles. The average molecular weight is 422 g/mol. The van der Waals surface area contributed by atoms with Gasteiger partial charge in [0.2, 0.25) is 5.91 Å². The topological polar surface area (TPSA) is 61.4 Å². The van der Waals surface area contributed by atoms with Crippen LogP contribution in [0.4, 0.5) is 11.4 Å². The Kier molecular flexibility index (Phi) is 7.09. The quantitative estimate of drug-likeness (QED) is 0.566. The molecule has 0 unspecified atom stereocenters. The lowest BCUT2D eigenvalue weighted by atomic mass is 10.1. The second kappa shape index (κ2) is 9.94. The summed E-state index contributed by atoms with van der Waals surface area (Å²) in [7, 11) is 1.77. The number of benzene rings is 3. The van der Waals surface area contributed by atoms with Crippen LogP contribution in [0.25, 0.3) is 0 Å². The highest BCUT2D eigenvalue weighted by Crippen LogP contribution is 2.22. The molecule has 0 heterocycles. The minimum Gasteiger partial charge on any atom is -0.376 e. The Labute approximate surface area is 181 Å². The van der Waals surface area contributed by atoms with E-state index in [2.05, 4.69) is 10.6 Å². The van der Waals surface area contributed by atoms with E-state index in [1.54, 1.807) is 48.3 Å². The highest BCUT2D eigenvalue weighted by Gasteiger charge is 2.13. The van der Waals surface area contributed by atoms with E-state index in [0.29, 0.717) is 28.5 Å². The van der Waals surface area contributed by atoms with Gasteiger partial charge >= 0.3 is 0 Å². The fourth-order valence-electron chi connectivity index (χ4n) is 3.03. The van der Waals surface area contributed by atoms with Crippen molar-refractivity contribution in [3.05, 3.63) is 94.5 Å². The summed E-state index contributed by atoms with van der Waals surface area (Å²) in [5.41, 5.74) is 3.83. The second-order valence-electron chi connectivity index (χ2n) is 7.04. The van der Waals surface area contributed by atoms with Crippen LogP contribution in [0, 0.1) is 6.92 Å². The van der Waals surface area contributed by atoms with Crippen LogP contribution in [0.2, 0.25) is 5.02 Å². The number of amides is 2. The minimum atomic E-state index is -0.196. The Hall–Kier alpha value is -3.31. The van der Waals surface area contributed by atoms with E-state index in [1.807, 2.05) is 43.3 Å². The molecule has 0 spiro atoms. The first-order chi connectivity index (χ1) is 14.4. The van der Waals surface area contributed by atoms with Crippen LogP contribution in [0.3, 0.4) is 0 Å². The van der Waals surface area contributed by atoms with Gasteiger partial charge < -0.3 is 15.5 Å². The number of hydrogen-bond donors (Lipinski definition) is 2. The number of halogens is 1. The van der Waals surface area contributed by atoms with Gasteiger partial charge in [0.05, 0.1) is 6.54 Å². The molecular weight excluding hydrogens is 398 g/mol. The number of carbonyl (C=O) groups is 2. The average Bonchev–Trinajstić information content (AvgIpc) is 2.76. The molecular formula is C24H24ClN3O2. The Balaban J connectivity index is 1.59. The number of carbonyl (C=O) groups excluding carboxylic acids is 2. The normalized spacial score (nSPS) is 10.4. The standard InChI is InChI=1S/C24H24ClN3O2/c1-17-21(25)12-7-13-22(17)27-23(29)15-26-20-11-6-10-19(14-20)24(30)28(2)16-18-8-4-3-5-9-18/h3-14,26H,15-16H2,1-2H3,(H,27,29). The summed E-state index contributed by atoms with van der Waals surface area (Å²) >= 11 is 6.09. The third-order valence-electron chi connectivity index (χ3n) is 4.71. The molecule has 2 amide bonds. The summed E-state index contributed by atoms with van der Waals surface area (Å²) in [5.74, 6) is -0.278. The minimum absolute atomic E-state index is 0.0729. The largest absolute Gasteiger partial charge is 0.376 e. The molecule has 30 heavy (non-hydrogen) atoms. The Morgan fingerprint density at radius 2 is 1.70 bits per heavy atom. The zero-order valence-corrected chi connectivity index (χ0v) is 17.7. The van der Waals surface area contributed by atoms with E-state index in [1.165, 1.54) is 0 Å². The molecule has 0 aliphatic rings. The summed E-state index contributed by atoms with van der Waals surface area (Å²) in [6.45, 7) is 2.45. The van der Waals surface area contributed by atoms with E-state index in [-0.39, 0.29) is 18.4 Å². The van der Waals surface area contributed by atoms with Crippen molar-refractivity contribution in [3.63, 3.8) is 0 Å². The van der Waals surface area contributed by atoms with Gasteiger partial charge in [0.25, 0.3) is 5.91 Å². The molecule has 2 N–H and O–H groups in total. The molecule has 0 bridgehead atoms. The monoisotopic (exact) mass is 421 g/mol. The highest BCUT2D eigenvalue weighted by atomic mass is 35.5. The van der Waals surface area contributed by atoms with Gasteiger partial charge in [-0.3, -0.25) is 9.59 Å². The SMILES string of the molecule is Cc1c(Cl)cccc1NC(=O)CNc1cccc(C(=O)N(C)Cc2ccccc2)c1. The van der Waals surface area contributed by atoms with Crippen LogP contribution in [-0.4, -0.2) is 30.3 Å². The van der Waals surface area contributed by atoms with E-state index in [9.17, 15) is 9.59 Å². The summed E-state index contributed by atoms with van der Waals surface area (Å²) in [6, 6.07) is 22.3. The molecule has 0 aliphatic heterocycles. The molecule has 5 nitrogen and oxygen atoms in total. The van der Waals surface area contributed by atoms with E-state index >= 15 is 0 Å². The molecule has 3 aromatic rings. The third kappa shape index (κ3) is 5.61. The Morgan fingerprint density at radius 3 is 2.47 bits per heavy atom. The number of rotatable bonds is 7. The van der Waals surface area contributed by atoms with Crippen molar-refractivity contribution in [3.8, 4) is 0 Å². The van der Waals surface area contributed by atoms with Crippen molar-refractivity contribution in [2.24, 2.45) is 0 Å². The van der Waals surface area contributed by atoms with Gasteiger partial charge in [0.15, 0.2) is 0 Å². The zero-order chi connectivity index (χ0) is 21.5. The first kappa shape index (κ1) is 21.4. The van der Waals surface area contributed by atoms with E-state index in [0.717, 1.165) is 11.1 Å². The fourth-order valence-corrected chi connectivity index (χ4v) is 3.21. The molecule has 0 atom stereocenters. The zero-order valence-electron chi connectivity index (χ0n) is 17.0. The van der Waals surface area contributed by atoms with Crippen LogP contribution in [-0.2, 0) is 11.3 Å². The lowest BCUT2D eigenvalue weighted by Gasteiger charge is -2.18. The van der Waals surface area contributed by atoms with Crippen LogP contribution in [0.15, 0.2) is 72.8 Å². The molecule has 6 heteroatoms. The van der Waals surface area contributed by atoms with Crippen LogP contribution >= 0.6 is 11.6 Å². The lowest BCUT2D eigenvalue weighted by molar-refractivity contribution is -0.114. The Bertz CT molecular complexity index is 1040. The van der Waals surface area contributed by atoms with Gasteiger partial charge in [-0.05, 0) is 48.4 Å². The lowest BCUT2D eigenvalue weighted by Crippen LogP contribution is -2.26. The molecule has 0 aromatic heterocycles. The number of nitrogens with zero attached hydrogens (tertiary/aromatic N) is 1. The molecule has 0 saturated carbocycles. The fraction of sp³-hybridized carbons (Fsp3) is 0.167. The first-order valence-electron chi connectivity index (χ1n) is 9.62. The van der Waals surface area contributed by atoms with Crippen molar-refractivity contribution >= 4 is 34.8 Å². The predicted octanol–water partition coefficient (Wildman–Crippen LogP) is 4.97. The van der Waals surface area contributed by atoms with Crippen molar-refractivity contribution in [1.29, 1.82) is 0 Å². The molecule has 0 radical (unpaired) electrons. The van der Waals surface area contributed by atoms with Gasteiger partial charge in [-0.1, -0.05) is 54.1 Å². The van der Waals surface area contributed by atoms with Gasteiger partial charge in [0.1, 0.15) is 0 Å². The van der Waals surface area contributed by atoms with Crippen LogP contribution < -0.4 is 10.6 Å². The summed E-state index contributed by atoms with van der Waals surface area (Å²) in [4.78, 5) is 26.7. The maximum atomic E-state index is 12.8. The van der Waals surface area contributed by atoms with Gasteiger partial charge in [0, 0.05) is 35.6 Å².